The lowest BCUT2D eigenvalue weighted by molar-refractivity contribution is 0.0697. The molecule has 0 aromatic heterocycles. The molecule has 0 heterocycles. The number of aryl methyl sites for hydroxylation is 1. The molecule has 0 saturated heterocycles. The van der Waals surface area contributed by atoms with Crippen LogP contribution in [0.15, 0.2) is 18.2 Å². The highest BCUT2D eigenvalue weighted by Crippen LogP contribution is 2.25. The molecule has 19 heavy (non-hydrogen) atoms. The molecule has 1 aliphatic rings. The van der Waals surface area contributed by atoms with Crippen molar-refractivity contribution in [2.24, 2.45) is 5.84 Å². The van der Waals surface area contributed by atoms with Gasteiger partial charge in [0.1, 0.15) is 0 Å². The van der Waals surface area contributed by atoms with Gasteiger partial charge in [0.25, 0.3) is 5.91 Å². The lowest BCUT2D eigenvalue weighted by Crippen LogP contribution is -2.38. The van der Waals surface area contributed by atoms with Crippen molar-refractivity contribution >= 4 is 11.6 Å². The predicted molar refractivity (Wildman–Crippen MR) is 78.0 cm³/mol. The Hall–Kier alpha value is -1.55. The summed E-state index contributed by atoms with van der Waals surface area (Å²) < 4.78 is 0. The van der Waals surface area contributed by atoms with Crippen LogP contribution in [0.25, 0.3) is 0 Å². The first kappa shape index (κ1) is 13.9. The Kier molecular flexibility index (Phi) is 4.43. The number of nitrogens with one attached hydrogen (secondary N) is 1. The Bertz CT molecular complexity index is 453. The molecule has 0 spiro atoms. The van der Waals surface area contributed by atoms with Crippen LogP contribution in [0.4, 0.5) is 5.69 Å². The third-order valence-corrected chi connectivity index (χ3v) is 4.00. The van der Waals surface area contributed by atoms with Gasteiger partial charge < -0.3 is 10.3 Å². The second-order valence-electron chi connectivity index (χ2n) is 5.40. The van der Waals surface area contributed by atoms with Gasteiger partial charge in [-0.3, -0.25) is 10.6 Å². The summed E-state index contributed by atoms with van der Waals surface area (Å²) in [6.45, 7) is 1.98. The molecule has 1 saturated carbocycles. The lowest BCUT2D eigenvalue weighted by Gasteiger charge is -2.31. The van der Waals surface area contributed by atoms with Crippen LogP contribution in [0.3, 0.4) is 0 Å². The van der Waals surface area contributed by atoms with Crippen molar-refractivity contribution in [1.82, 2.24) is 4.90 Å². The van der Waals surface area contributed by atoms with Gasteiger partial charge in [-0.2, -0.15) is 0 Å². The van der Waals surface area contributed by atoms with E-state index in [0.29, 0.717) is 17.3 Å². The van der Waals surface area contributed by atoms with E-state index in [0.717, 1.165) is 18.4 Å². The van der Waals surface area contributed by atoms with E-state index in [1.165, 1.54) is 19.3 Å². The maximum Gasteiger partial charge on any atom is 0.256 e. The molecule has 1 amide bonds. The number of hydrazine groups is 1. The molecule has 1 aromatic rings. The first-order valence-electron chi connectivity index (χ1n) is 6.98. The van der Waals surface area contributed by atoms with Gasteiger partial charge in [-0.05, 0) is 31.9 Å². The number of nitrogen functional groups attached to an aromatic ring is 1. The van der Waals surface area contributed by atoms with Crippen LogP contribution in [-0.2, 0) is 0 Å². The third-order valence-electron chi connectivity index (χ3n) is 4.00. The third kappa shape index (κ3) is 3.07. The zero-order valence-corrected chi connectivity index (χ0v) is 11.8. The highest BCUT2D eigenvalue weighted by Gasteiger charge is 2.24. The van der Waals surface area contributed by atoms with Gasteiger partial charge in [-0.25, -0.2) is 0 Å². The van der Waals surface area contributed by atoms with E-state index >= 15 is 0 Å². The first-order chi connectivity index (χ1) is 9.13. The van der Waals surface area contributed by atoms with Gasteiger partial charge in [0.15, 0.2) is 0 Å². The molecule has 0 radical (unpaired) electrons. The molecule has 4 nitrogen and oxygen atoms in total. The summed E-state index contributed by atoms with van der Waals surface area (Å²) in [6.07, 6.45) is 5.95. The number of rotatable bonds is 3. The van der Waals surface area contributed by atoms with Crippen LogP contribution in [0.1, 0.15) is 48.0 Å². The molecule has 104 valence electrons. The predicted octanol–water partition coefficient (Wildman–Crippen LogP) is 2.69. The summed E-state index contributed by atoms with van der Waals surface area (Å²) in [5, 5.41) is 0. The molecule has 1 aliphatic carbocycles. The SMILES string of the molecule is Cc1ccc(NN)c(C(=O)N(C)C2CCCCC2)c1. The summed E-state index contributed by atoms with van der Waals surface area (Å²) in [5.74, 6) is 5.56. The average molecular weight is 261 g/mol. The van der Waals surface area contributed by atoms with Crippen LogP contribution in [-0.4, -0.2) is 23.9 Å². The number of hydrogen-bond donors (Lipinski definition) is 2. The Morgan fingerprint density at radius 3 is 2.63 bits per heavy atom. The highest BCUT2D eigenvalue weighted by molar-refractivity contribution is 5.99. The van der Waals surface area contributed by atoms with E-state index in [9.17, 15) is 4.79 Å². The quantitative estimate of drug-likeness (QED) is 0.649. The molecule has 2 rings (SSSR count). The van der Waals surface area contributed by atoms with Crippen molar-refractivity contribution in [2.45, 2.75) is 45.1 Å². The normalized spacial score (nSPS) is 16.2. The maximum atomic E-state index is 12.6. The van der Waals surface area contributed by atoms with Crippen molar-refractivity contribution in [3.8, 4) is 0 Å². The van der Waals surface area contributed by atoms with E-state index in [1.54, 1.807) is 0 Å². The maximum absolute atomic E-state index is 12.6. The monoisotopic (exact) mass is 261 g/mol. The van der Waals surface area contributed by atoms with Gasteiger partial charge in [-0.15, -0.1) is 0 Å². The smallest absolute Gasteiger partial charge is 0.256 e. The van der Waals surface area contributed by atoms with Crippen LogP contribution in [0.2, 0.25) is 0 Å². The van der Waals surface area contributed by atoms with E-state index in [1.807, 2.05) is 37.1 Å². The van der Waals surface area contributed by atoms with Crippen LogP contribution >= 0.6 is 0 Å². The number of nitrogens with zero attached hydrogens (tertiary/aromatic N) is 1. The van der Waals surface area contributed by atoms with Crippen LogP contribution in [0, 0.1) is 6.92 Å². The van der Waals surface area contributed by atoms with Crippen molar-refractivity contribution in [3.63, 3.8) is 0 Å². The standard InChI is InChI=1S/C15H23N3O/c1-11-8-9-14(17-16)13(10-11)15(19)18(2)12-6-4-3-5-7-12/h8-10,12,17H,3-7,16H2,1-2H3. The van der Waals surface area contributed by atoms with E-state index in [4.69, 9.17) is 5.84 Å². The number of hydrogen-bond acceptors (Lipinski definition) is 3. The lowest BCUT2D eigenvalue weighted by atomic mass is 9.94. The number of amides is 1. The van der Waals surface area contributed by atoms with Crippen LogP contribution < -0.4 is 11.3 Å². The van der Waals surface area contributed by atoms with Gasteiger partial charge in [0.05, 0.1) is 11.3 Å². The van der Waals surface area contributed by atoms with Crippen LogP contribution in [0.5, 0.6) is 0 Å². The minimum Gasteiger partial charge on any atom is -0.339 e. The molecular formula is C15H23N3O. The van der Waals surface area contributed by atoms with Crippen molar-refractivity contribution in [2.75, 3.05) is 12.5 Å². The fourth-order valence-electron chi connectivity index (χ4n) is 2.79. The number of benzene rings is 1. The molecule has 0 bridgehead atoms. The zero-order chi connectivity index (χ0) is 13.8. The topological polar surface area (TPSA) is 58.4 Å². The van der Waals surface area contributed by atoms with Crippen molar-refractivity contribution in [3.05, 3.63) is 29.3 Å². The van der Waals surface area contributed by atoms with Crippen molar-refractivity contribution < 1.29 is 4.79 Å². The Labute approximate surface area is 114 Å². The molecule has 0 atom stereocenters. The summed E-state index contributed by atoms with van der Waals surface area (Å²) in [4.78, 5) is 14.5. The van der Waals surface area contributed by atoms with Gasteiger partial charge in [0.2, 0.25) is 0 Å². The summed E-state index contributed by atoms with van der Waals surface area (Å²) in [6, 6.07) is 6.08. The molecule has 0 unspecified atom stereocenters. The molecule has 1 aromatic carbocycles. The molecule has 3 N–H and O–H groups in total. The van der Waals surface area contributed by atoms with E-state index < -0.39 is 0 Å². The van der Waals surface area contributed by atoms with Gasteiger partial charge in [-0.1, -0.05) is 30.9 Å². The second-order valence-corrected chi connectivity index (χ2v) is 5.40. The Morgan fingerprint density at radius 2 is 2.00 bits per heavy atom. The first-order valence-corrected chi connectivity index (χ1v) is 6.98. The minimum atomic E-state index is 0.0588. The molecule has 0 aliphatic heterocycles. The second kappa shape index (κ2) is 6.06. The number of carbonyl (C=O) groups is 1. The molecule has 1 fully saturated rings. The Morgan fingerprint density at radius 1 is 1.32 bits per heavy atom. The fourth-order valence-corrected chi connectivity index (χ4v) is 2.79. The van der Waals surface area contributed by atoms with Crippen molar-refractivity contribution in [1.29, 1.82) is 0 Å². The minimum absolute atomic E-state index is 0.0588. The summed E-state index contributed by atoms with van der Waals surface area (Å²) in [7, 11) is 1.90. The zero-order valence-electron chi connectivity index (χ0n) is 11.8. The number of anilines is 1. The summed E-state index contributed by atoms with van der Waals surface area (Å²) >= 11 is 0. The number of carbonyl (C=O) groups excluding carboxylic acids is 1. The largest absolute Gasteiger partial charge is 0.339 e. The molecule has 4 heteroatoms. The fraction of sp³-hybridized carbons (Fsp3) is 0.533. The summed E-state index contributed by atoms with van der Waals surface area (Å²) in [5.41, 5.74) is 5.04. The van der Waals surface area contributed by atoms with E-state index in [2.05, 4.69) is 5.43 Å². The van der Waals surface area contributed by atoms with Gasteiger partial charge >= 0.3 is 0 Å². The van der Waals surface area contributed by atoms with E-state index in [-0.39, 0.29) is 5.91 Å². The number of nitrogens with two attached hydrogens (primary N) is 1. The molecular weight excluding hydrogens is 238 g/mol. The average Bonchev–Trinajstić information content (AvgIpc) is 2.46. The van der Waals surface area contributed by atoms with Gasteiger partial charge in [0, 0.05) is 13.1 Å². The highest BCUT2D eigenvalue weighted by atomic mass is 16.2. The Balaban J connectivity index is 2.20.